The molecule has 0 spiro atoms. The van der Waals surface area contributed by atoms with Crippen molar-refractivity contribution in [1.29, 1.82) is 0 Å². The van der Waals surface area contributed by atoms with Crippen LogP contribution in [0.1, 0.15) is 39.1 Å². The molecule has 3 aliphatic heterocycles. The lowest BCUT2D eigenvalue weighted by Gasteiger charge is -2.36. The maximum atomic E-state index is 13.1. The van der Waals surface area contributed by atoms with Crippen molar-refractivity contribution in [3.63, 3.8) is 0 Å². The molecule has 0 bridgehead atoms. The molecule has 2 saturated heterocycles. The Bertz CT molecular complexity index is 1230. The highest BCUT2D eigenvalue weighted by molar-refractivity contribution is 6.23. The Morgan fingerprint density at radius 2 is 1.60 bits per heavy atom. The fraction of sp³-hybridized carbons (Fsp3) is 0.320. The normalized spacial score (nSPS) is 20.2. The van der Waals surface area contributed by atoms with Crippen LogP contribution in [0.25, 0.3) is 0 Å². The summed E-state index contributed by atoms with van der Waals surface area (Å²) in [6.45, 7) is 2.26. The van der Waals surface area contributed by atoms with Crippen LogP contribution < -0.4 is 16.0 Å². The molecule has 0 aliphatic carbocycles. The number of rotatable bonds is 4. The van der Waals surface area contributed by atoms with Gasteiger partial charge in [-0.25, -0.2) is 0 Å². The van der Waals surface area contributed by atoms with Gasteiger partial charge in [0.15, 0.2) is 0 Å². The minimum absolute atomic E-state index is 0.0454. The van der Waals surface area contributed by atoms with Gasteiger partial charge in [-0.05, 0) is 42.3 Å². The molecule has 0 radical (unpaired) electrons. The van der Waals surface area contributed by atoms with Crippen molar-refractivity contribution in [1.82, 2.24) is 15.1 Å². The minimum Gasteiger partial charge on any atom is -0.399 e. The van der Waals surface area contributed by atoms with Crippen molar-refractivity contribution >= 4 is 40.9 Å². The summed E-state index contributed by atoms with van der Waals surface area (Å²) >= 11 is 0. The van der Waals surface area contributed by atoms with Gasteiger partial charge in [-0.3, -0.25) is 34.2 Å². The van der Waals surface area contributed by atoms with Gasteiger partial charge >= 0.3 is 0 Å². The first kappa shape index (κ1) is 22.6. The number of piperazine rings is 1. The number of benzene rings is 2. The summed E-state index contributed by atoms with van der Waals surface area (Å²) in [4.78, 5) is 67.2. The maximum absolute atomic E-state index is 13.1. The van der Waals surface area contributed by atoms with Gasteiger partial charge < -0.3 is 15.5 Å². The zero-order valence-electron chi connectivity index (χ0n) is 19.0. The third-order valence-corrected chi connectivity index (χ3v) is 6.76. The first-order valence-corrected chi connectivity index (χ1v) is 11.5. The quantitative estimate of drug-likeness (QED) is 0.488. The lowest BCUT2D eigenvalue weighted by molar-refractivity contribution is -0.136. The average molecular weight is 476 g/mol. The lowest BCUT2D eigenvalue weighted by Crippen LogP contribution is -2.54. The fourth-order valence-corrected chi connectivity index (χ4v) is 4.79. The van der Waals surface area contributed by atoms with E-state index >= 15 is 0 Å². The van der Waals surface area contributed by atoms with E-state index in [0.717, 1.165) is 16.2 Å². The molecule has 0 aromatic heterocycles. The summed E-state index contributed by atoms with van der Waals surface area (Å²) in [6.07, 6.45) is 0.512. The summed E-state index contributed by atoms with van der Waals surface area (Å²) < 4.78 is 0. The Morgan fingerprint density at radius 1 is 0.914 bits per heavy atom. The number of carbonyl (C=O) groups excluding carboxylic acids is 5. The van der Waals surface area contributed by atoms with E-state index in [1.54, 1.807) is 30.3 Å². The van der Waals surface area contributed by atoms with Crippen molar-refractivity contribution in [2.24, 2.45) is 0 Å². The summed E-state index contributed by atoms with van der Waals surface area (Å²) in [7, 11) is 0. The van der Waals surface area contributed by atoms with E-state index in [1.807, 2.05) is 17.0 Å². The standard InChI is InChI=1S/C25H25N5O5/c26-16-3-1-15(2-4-16)13-22(32)29-11-9-28(10-12-29)17-5-6-18-19(14-17)25(35)30(24(18)34)20-7-8-21(31)27-23(20)33/h1-6,14,20H,7-13,26H2,(H,27,31,33). The molecule has 180 valence electrons. The number of nitrogens with two attached hydrogens (primary N) is 1. The minimum atomic E-state index is -0.987. The molecular formula is C25H25N5O5. The number of hydrogen-bond acceptors (Lipinski definition) is 7. The molecule has 3 aliphatic rings. The van der Waals surface area contributed by atoms with E-state index in [9.17, 15) is 24.0 Å². The fourth-order valence-electron chi connectivity index (χ4n) is 4.79. The van der Waals surface area contributed by atoms with Gasteiger partial charge in [0.2, 0.25) is 17.7 Å². The summed E-state index contributed by atoms with van der Waals surface area (Å²) in [6, 6.07) is 11.3. The topological polar surface area (TPSA) is 133 Å². The molecule has 3 N–H and O–H groups in total. The Hall–Kier alpha value is -4.21. The second kappa shape index (κ2) is 8.86. The average Bonchev–Trinajstić information content (AvgIpc) is 3.10. The number of anilines is 2. The molecule has 1 atom stereocenters. The van der Waals surface area contributed by atoms with Gasteiger partial charge in [-0.1, -0.05) is 12.1 Å². The van der Waals surface area contributed by atoms with Crippen molar-refractivity contribution in [2.45, 2.75) is 25.3 Å². The molecule has 10 heteroatoms. The number of nitrogen functional groups attached to an aromatic ring is 1. The number of nitrogens with one attached hydrogen (secondary N) is 1. The molecular weight excluding hydrogens is 450 g/mol. The Morgan fingerprint density at radius 3 is 2.29 bits per heavy atom. The predicted molar refractivity (Wildman–Crippen MR) is 126 cm³/mol. The Kier molecular flexibility index (Phi) is 5.72. The van der Waals surface area contributed by atoms with Gasteiger partial charge in [-0.2, -0.15) is 0 Å². The maximum Gasteiger partial charge on any atom is 0.262 e. The molecule has 1 unspecified atom stereocenters. The van der Waals surface area contributed by atoms with Crippen LogP contribution in [0, 0.1) is 0 Å². The summed E-state index contributed by atoms with van der Waals surface area (Å²) in [5.41, 5.74) is 8.55. The number of nitrogens with zero attached hydrogens (tertiary/aromatic N) is 3. The smallest absolute Gasteiger partial charge is 0.262 e. The Labute approximate surface area is 201 Å². The zero-order chi connectivity index (χ0) is 24.7. The third kappa shape index (κ3) is 4.23. The first-order valence-electron chi connectivity index (χ1n) is 11.5. The number of piperidine rings is 1. The van der Waals surface area contributed by atoms with E-state index in [1.165, 1.54) is 0 Å². The zero-order valence-corrected chi connectivity index (χ0v) is 19.0. The van der Waals surface area contributed by atoms with Gasteiger partial charge in [0.05, 0.1) is 17.5 Å². The van der Waals surface area contributed by atoms with E-state index in [-0.39, 0.29) is 29.9 Å². The van der Waals surface area contributed by atoms with Crippen molar-refractivity contribution in [2.75, 3.05) is 36.8 Å². The molecule has 3 heterocycles. The van der Waals surface area contributed by atoms with Crippen LogP contribution in [-0.4, -0.2) is 71.6 Å². The Balaban J connectivity index is 1.24. The van der Waals surface area contributed by atoms with E-state index in [0.29, 0.717) is 38.3 Å². The molecule has 0 saturated carbocycles. The van der Waals surface area contributed by atoms with Crippen LogP contribution in [0.2, 0.25) is 0 Å². The number of imide groups is 2. The van der Waals surface area contributed by atoms with Crippen molar-refractivity contribution in [3.8, 4) is 0 Å². The largest absolute Gasteiger partial charge is 0.399 e. The number of fused-ring (bicyclic) bond motifs is 1. The van der Waals surface area contributed by atoms with Crippen LogP contribution in [0.3, 0.4) is 0 Å². The van der Waals surface area contributed by atoms with Gasteiger partial charge in [-0.15, -0.1) is 0 Å². The van der Waals surface area contributed by atoms with E-state index in [2.05, 4.69) is 10.2 Å². The number of amides is 5. The second-order valence-electron chi connectivity index (χ2n) is 8.96. The summed E-state index contributed by atoms with van der Waals surface area (Å²) in [5, 5.41) is 2.20. The number of carbonyl (C=O) groups is 5. The van der Waals surface area contributed by atoms with Crippen LogP contribution in [0.5, 0.6) is 0 Å². The van der Waals surface area contributed by atoms with Gasteiger partial charge in [0.1, 0.15) is 6.04 Å². The SMILES string of the molecule is Nc1ccc(CC(=O)N2CCN(c3ccc4c(c3)C(=O)N(C3CCC(=O)NC3=O)C4=O)CC2)cc1. The van der Waals surface area contributed by atoms with Crippen molar-refractivity contribution < 1.29 is 24.0 Å². The third-order valence-electron chi connectivity index (χ3n) is 6.76. The second-order valence-corrected chi connectivity index (χ2v) is 8.96. The molecule has 2 aromatic carbocycles. The van der Waals surface area contributed by atoms with Crippen LogP contribution in [0.4, 0.5) is 11.4 Å². The number of hydrogen-bond donors (Lipinski definition) is 2. The molecule has 10 nitrogen and oxygen atoms in total. The molecule has 5 amide bonds. The molecule has 2 aromatic rings. The molecule has 35 heavy (non-hydrogen) atoms. The molecule has 5 rings (SSSR count). The highest BCUT2D eigenvalue weighted by Gasteiger charge is 2.44. The van der Waals surface area contributed by atoms with Gasteiger partial charge in [0, 0.05) is 44.0 Å². The lowest BCUT2D eigenvalue weighted by atomic mass is 10.0. The first-order chi connectivity index (χ1) is 16.8. The predicted octanol–water partition coefficient (Wildman–Crippen LogP) is 0.561. The van der Waals surface area contributed by atoms with Crippen LogP contribution in [-0.2, 0) is 20.8 Å². The summed E-state index contributed by atoms with van der Waals surface area (Å²) in [5.74, 6) is -2.04. The van der Waals surface area contributed by atoms with Crippen LogP contribution in [0.15, 0.2) is 42.5 Å². The highest BCUT2D eigenvalue weighted by Crippen LogP contribution is 2.31. The van der Waals surface area contributed by atoms with Gasteiger partial charge in [0.25, 0.3) is 11.8 Å². The van der Waals surface area contributed by atoms with E-state index < -0.39 is 29.7 Å². The van der Waals surface area contributed by atoms with Crippen LogP contribution >= 0.6 is 0 Å². The highest BCUT2D eigenvalue weighted by atomic mass is 16.2. The van der Waals surface area contributed by atoms with E-state index in [4.69, 9.17) is 5.73 Å². The monoisotopic (exact) mass is 475 g/mol. The van der Waals surface area contributed by atoms with Crippen molar-refractivity contribution in [3.05, 3.63) is 59.2 Å². The molecule has 2 fully saturated rings.